The van der Waals surface area contributed by atoms with Crippen molar-refractivity contribution in [2.24, 2.45) is 5.92 Å². The number of nitrogens with one attached hydrogen (secondary N) is 1. The molecule has 2 aromatic rings. The summed E-state index contributed by atoms with van der Waals surface area (Å²) < 4.78 is 5.22. The third-order valence-corrected chi connectivity index (χ3v) is 6.99. The number of hydrogen-bond donors (Lipinski definition) is 2. The van der Waals surface area contributed by atoms with Crippen LogP contribution in [-0.2, 0) is 16.8 Å². The molecule has 1 fully saturated rings. The lowest BCUT2D eigenvalue weighted by Crippen LogP contribution is -2.50. The van der Waals surface area contributed by atoms with Crippen molar-refractivity contribution < 1.29 is 14.6 Å². The molecule has 2 atom stereocenters. The molecule has 2 N–H and O–H groups in total. The van der Waals surface area contributed by atoms with Crippen LogP contribution in [0.4, 0.5) is 0 Å². The molecule has 3 rings (SSSR count). The Morgan fingerprint density at radius 3 is 2.44 bits per heavy atom. The van der Waals surface area contributed by atoms with Crippen molar-refractivity contribution in [2.45, 2.75) is 57.1 Å². The Morgan fingerprint density at radius 1 is 1.12 bits per heavy atom. The van der Waals surface area contributed by atoms with Crippen LogP contribution in [0.3, 0.4) is 0 Å². The lowest BCUT2D eigenvalue weighted by Gasteiger charge is -2.37. The number of rotatable bonds is 9. The van der Waals surface area contributed by atoms with Crippen LogP contribution >= 0.6 is 0 Å². The van der Waals surface area contributed by atoms with Gasteiger partial charge in [-0.05, 0) is 56.5 Å². The zero-order valence-electron chi connectivity index (χ0n) is 20.7. The summed E-state index contributed by atoms with van der Waals surface area (Å²) in [5.41, 5.74) is 0.412. The van der Waals surface area contributed by atoms with Crippen molar-refractivity contribution >= 4 is 5.91 Å². The highest BCUT2D eigenvalue weighted by Crippen LogP contribution is 2.39. The molecule has 1 aliphatic rings. The van der Waals surface area contributed by atoms with Crippen LogP contribution in [0.1, 0.15) is 50.2 Å². The van der Waals surface area contributed by atoms with Crippen LogP contribution in [0.15, 0.2) is 54.6 Å². The second-order valence-electron chi connectivity index (χ2n) is 9.32. The van der Waals surface area contributed by atoms with Gasteiger partial charge in [-0.2, -0.15) is 0 Å². The van der Waals surface area contributed by atoms with E-state index in [0.717, 1.165) is 37.9 Å². The summed E-state index contributed by atoms with van der Waals surface area (Å²) in [7, 11) is 3.73. The number of carbonyl (C=O) groups is 1. The predicted molar refractivity (Wildman–Crippen MR) is 136 cm³/mol. The molecule has 0 radical (unpaired) electrons. The lowest BCUT2D eigenvalue weighted by atomic mass is 9.73. The van der Waals surface area contributed by atoms with E-state index in [2.05, 4.69) is 48.2 Å². The summed E-state index contributed by atoms with van der Waals surface area (Å²) in [4.78, 5) is 15.4. The van der Waals surface area contributed by atoms with Gasteiger partial charge < -0.3 is 15.2 Å². The van der Waals surface area contributed by atoms with Crippen LogP contribution in [0.5, 0.6) is 5.75 Å². The van der Waals surface area contributed by atoms with Crippen molar-refractivity contribution in [2.75, 3.05) is 27.2 Å². The molecule has 1 saturated carbocycles. The Morgan fingerprint density at radius 2 is 1.79 bits per heavy atom. The highest BCUT2D eigenvalue weighted by Gasteiger charge is 2.45. The monoisotopic (exact) mass is 462 g/mol. The molecule has 5 nitrogen and oxygen atoms in total. The molecule has 0 heterocycles. The van der Waals surface area contributed by atoms with E-state index in [0.29, 0.717) is 18.2 Å². The van der Waals surface area contributed by atoms with Gasteiger partial charge in [0.05, 0.1) is 20.2 Å². The van der Waals surface area contributed by atoms with E-state index >= 15 is 0 Å². The fourth-order valence-electron chi connectivity index (χ4n) is 4.68. The highest BCUT2D eigenvalue weighted by atomic mass is 16.5. The molecular formula is C29H38N2O3. The van der Waals surface area contributed by atoms with Gasteiger partial charge in [0.2, 0.25) is 0 Å². The van der Waals surface area contributed by atoms with Gasteiger partial charge in [0, 0.05) is 12.0 Å². The van der Waals surface area contributed by atoms with Crippen molar-refractivity contribution in [1.82, 2.24) is 10.2 Å². The van der Waals surface area contributed by atoms with Gasteiger partial charge in [-0.1, -0.05) is 73.6 Å². The topological polar surface area (TPSA) is 61.8 Å². The first-order valence-corrected chi connectivity index (χ1v) is 12.3. The quantitative estimate of drug-likeness (QED) is 0.550. The molecule has 2 aromatic carbocycles. The van der Waals surface area contributed by atoms with Crippen molar-refractivity contribution in [3.8, 4) is 17.6 Å². The number of ether oxygens (including phenoxy) is 1. The lowest BCUT2D eigenvalue weighted by molar-refractivity contribution is -0.149. The predicted octanol–water partition coefficient (Wildman–Crippen LogP) is 4.15. The number of hydrogen-bond acceptors (Lipinski definition) is 4. The van der Waals surface area contributed by atoms with Crippen molar-refractivity contribution in [1.29, 1.82) is 0 Å². The van der Waals surface area contributed by atoms with Crippen molar-refractivity contribution in [3.63, 3.8) is 0 Å². The first kappa shape index (κ1) is 25.8. The molecular weight excluding hydrogens is 424 g/mol. The fourth-order valence-corrected chi connectivity index (χ4v) is 4.68. The van der Waals surface area contributed by atoms with Crippen molar-refractivity contribution in [3.05, 3.63) is 65.7 Å². The summed E-state index contributed by atoms with van der Waals surface area (Å²) in [5.74, 6) is 6.66. The maximum absolute atomic E-state index is 13.2. The van der Waals surface area contributed by atoms with Gasteiger partial charge in [0.25, 0.3) is 5.91 Å². The molecule has 34 heavy (non-hydrogen) atoms. The maximum Gasteiger partial charge on any atom is 0.257 e. The van der Waals surface area contributed by atoms with E-state index in [9.17, 15) is 9.90 Å². The van der Waals surface area contributed by atoms with E-state index in [1.807, 2.05) is 42.5 Å². The Labute approximate surface area is 204 Å². The van der Waals surface area contributed by atoms with Gasteiger partial charge in [-0.15, -0.1) is 0 Å². The number of amides is 1. The van der Waals surface area contributed by atoms with E-state index in [4.69, 9.17) is 4.74 Å². The number of nitrogens with zero attached hydrogens (tertiary/aromatic N) is 1. The summed E-state index contributed by atoms with van der Waals surface area (Å²) in [6.07, 6.45) is 5.91. The second kappa shape index (κ2) is 12.6. The standard InChI is InChI=1S/C29H38N2O3/c1-23(22-24-16-18-27(34-3)19-17-24)31(2)21-11-10-20-30-28(32)29(33,25-12-6-4-7-13-25)26-14-8-5-9-15-26/h4,6-7,12-13,16-19,23,26,33H,5,8-9,14-15,20-22H2,1-3H3,(H,30,32). The molecule has 1 aliphatic carbocycles. The number of likely N-dealkylation sites (N-methyl/N-ethyl adjacent to an activating group) is 1. The summed E-state index contributed by atoms with van der Waals surface area (Å²) in [5, 5.41) is 14.5. The number of carbonyl (C=O) groups excluding carboxylic acids is 1. The van der Waals surface area contributed by atoms with E-state index in [1.165, 1.54) is 12.0 Å². The Hall–Kier alpha value is -2.81. The Kier molecular flexibility index (Phi) is 9.56. The average molecular weight is 463 g/mol. The smallest absolute Gasteiger partial charge is 0.257 e. The number of aliphatic hydroxyl groups is 1. The minimum atomic E-state index is -1.51. The van der Waals surface area contributed by atoms with Gasteiger partial charge in [-0.3, -0.25) is 9.69 Å². The molecule has 0 aliphatic heterocycles. The van der Waals surface area contributed by atoms with Gasteiger partial charge >= 0.3 is 0 Å². The Bertz CT molecular complexity index is 958. The van der Waals surface area contributed by atoms with Crippen LogP contribution in [0.25, 0.3) is 0 Å². The summed E-state index contributed by atoms with van der Waals surface area (Å²) in [6.45, 7) is 3.01. The minimum absolute atomic E-state index is 0.0680. The summed E-state index contributed by atoms with van der Waals surface area (Å²) in [6, 6.07) is 17.8. The third-order valence-electron chi connectivity index (χ3n) is 6.99. The van der Waals surface area contributed by atoms with E-state index in [-0.39, 0.29) is 18.4 Å². The third kappa shape index (κ3) is 6.62. The maximum atomic E-state index is 13.2. The zero-order chi connectivity index (χ0) is 24.4. The SMILES string of the molecule is COc1ccc(CC(C)N(C)CC#CCNC(=O)C(O)(c2ccccc2)C2CCCCC2)cc1. The van der Waals surface area contributed by atoms with Gasteiger partial charge in [0.1, 0.15) is 5.75 Å². The van der Waals surface area contributed by atoms with Gasteiger partial charge in [-0.25, -0.2) is 0 Å². The molecule has 0 bridgehead atoms. The van der Waals surface area contributed by atoms with E-state index in [1.54, 1.807) is 7.11 Å². The van der Waals surface area contributed by atoms with Crippen LogP contribution in [0, 0.1) is 17.8 Å². The van der Waals surface area contributed by atoms with E-state index < -0.39 is 5.60 Å². The first-order valence-electron chi connectivity index (χ1n) is 12.3. The molecule has 0 saturated heterocycles. The highest BCUT2D eigenvalue weighted by molar-refractivity contribution is 5.87. The summed E-state index contributed by atoms with van der Waals surface area (Å²) >= 11 is 0. The minimum Gasteiger partial charge on any atom is -0.497 e. The number of benzene rings is 2. The Balaban J connectivity index is 1.53. The molecule has 2 unspecified atom stereocenters. The molecule has 0 spiro atoms. The first-order chi connectivity index (χ1) is 16.4. The molecule has 5 heteroatoms. The largest absolute Gasteiger partial charge is 0.497 e. The molecule has 1 amide bonds. The number of methoxy groups -OCH3 is 1. The molecule has 182 valence electrons. The normalized spacial score (nSPS) is 16.7. The average Bonchev–Trinajstić information content (AvgIpc) is 2.89. The second-order valence-corrected chi connectivity index (χ2v) is 9.32. The van der Waals surface area contributed by atoms with Crippen LogP contribution in [0.2, 0.25) is 0 Å². The zero-order valence-corrected chi connectivity index (χ0v) is 20.7. The van der Waals surface area contributed by atoms with Crippen LogP contribution < -0.4 is 10.1 Å². The molecule has 0 aromatic heterocycles. The fraction of sp³-hybridized carbons (Fsp3) is 0.483. The van der Waals surface area contributed by atoms with Gasteiger partial charge in [0.15, 0.2) is 5.60 Å². The van der Waals surface area contributed by atoms with Crippen LogP contribution in [-0.4, -0.2) is 49.2 Å².